The van der Waals surface area contributed by atoms with E-state index in [1.807, 2.05) is 6.07 Å². The molecule has 94 valence electrons. The quantitative estimate of drug-likeness (QED) is 0.754. The van der Waals surface area contributed by atoms with E-state index in [2.05, 4.69) is 0 Å². The summed E-state index contributed by atoms with van der Waals surface area (Å²) in [5.41, 5.74) is 0.629. The first-order valence-corrected chi connectivity index (χ1v) is 6.32. The predicted octanol–water partition coefficient (Wildman–Crippen LogP) is 0.774. The van der Waals surface area contributed by atoms with Crippen molar-refractivity contribution < 1.29 is 14.4 Å². The van der Waals surface area contributed by atoms with Gasteiger partial charge in [0.05, 0.1) is 18.3 Å². The van der Waals surface area contributed by atoms with Gasteiger partial charge in [0.15, 0.2) is 0 Å². The Morgan fingerprint density at radius 1 is 1.11 bits per heavy atom. The zero-order chi connectivity index (χ0) is 13.0. The van der Waals surface area contributed by atoms with Crippen molar-refractivity contribution >= 4 is 29.7 Å². The minimum Gasteiger partial charge on any atom is -0.282 e. The topological polar surface area (TPSA) is 57.7 Å². The van der Waals surface area contributed by atoms with Crippen molar-refractivity contribution in [3.63, 3.8) is 0 Å². The van der Waals surface area contributed by atoms with Crippen LogP contribution in [0.1, 0.15) is 10.4 Å². The van der Waals surface area contributed by atoms with Crippen LogP contribution in [-0.2, 0) is 9.59 Å². The third-order valence-electron chi connectivity index (χ3n) is 2.64. The van der Waals surface area contributed by atoms with Crippen LogP contribution < -0.4 is 0 Å². The van der Waals surface area contributed by atoms with Gasteiger partial charge in [0.25, 0.3) is 0 Å². The van der Waals surface area contributed by atoms with E-state index in [9.17, 15) is 14.4 Å². The summed E-state index contributed by atoms with van der Waals surface area (Å²) in [6.45, 7) is 0.761. The van der Waals surface area contributed by atoms with Gasteiger partial charge < -0.3 is 0 Å². The van der Waals surface area contributed by atoms with Gasteiger partial charge in [-0.1, -0.05) is 42.1 Å². The van der Waals surface area contributed by atoms with Crippen LogP contribution in [-0.4, -0.2) is 46.3 Å². The molecule has 0 N–H and O–H groups in total. The highest BCUT2D eigenvalue weighted by Crippen LogP contribution is 2.23. The molecule has 1 aromatic rings. The van der Waals surface area contributed by atoms with E-state index in [-0.39, 0.29) is 10.4 Å². The van der Waals surface area contributed by atoms with E-state index >= 15 is 0 Å². The number of rotatable bonds is 4. The summed E-state index contributed by atoms with van der Waals surface area (Å²) in [5, 5.41) is 2.44. The average molecular weight is 264 g/mol. The zero-order valence-electron chi connectivity index (χ0n) is 9.56. The second kappa shape index (κ2) is 5.68. The molecule has 1 aromatic carbocycles. The molecule has 0 unspecified atom stereocenters. The lowest BCUT2D eigenvalue weighted by molar-refractivity contribution is -0.141. The SMILES string of the molecule is O=CN1CC(SC(=O)c2ccccc2)CN1C=O. The molecule has 0 aliphatic carbocycles. The van der Waals surface area contributed by atoms with E-state index in [0.29, 0.717) is 31.5 Å². The molecular formula is C12H12N2O3S. The van der Waals surface area contributed by atoms with Gasteiger partial charge in [-0.3, -0.25) is 24.4 Å². The fourth-order valence-corrected chi connectivity index (χ4v) is 2.79. The van der Waals surface area contributed by atoms with Crippen molar-refractivity contribution in [2.45, 2.75) is 5.25 Å². The molecule has 1 saturated heterocycles. The van der Waals surface area contributed by atoms with Crippen LogP contribution in [0.5, 0.6) is 0 Å². The Balaban J connectivity index is 1.97. The molecule has 1 aliphatic rings. The number of hydrogen-bond donors (Lipinski definition) is 0. The van der Waals surface area contributed by atoms with Crippen molar-refractivity contribution in [1.82, 2.24) is 10.0 Å². The van der Waals surface area contributed by atoms with Gasteiger partial charge >= 0.3 is 0 Å². The van der Waals surface area contributed by atoms with Crippen molar-refractivity contribution in [1.29, 1.82) is 0 Å². The monoisotopic (exact) mass is 264 g/mol. The highest BCUT2D eigenvalue weighted by molar-refractivity contribution is 8.14. The predicted molar refractivity (Wildman–Crippen MR) is 67.7 cm³/mol. The second-order valence-corrected chi connectivity index (χ2v) is 5.12. The van der Waals surface area contributed by atoms with Crippen molar-refractivity contribution in [2.75, 3.05) is 13.1 Å². The standard InChI is InChI=1S/C12H12N2O3S/c15-8-13-6-11(7-14(13)9-16)18-12(17)10-4-2-1-3-5-10/h1-5,8-9,11H,6-7H2. The fraction of sp³-hybridized carbons (Fsp3) is 0.250. The van der Waals surface area contributed by atoms with Gasteiger partial charge in [-0.05, 0) is 0 Å². The first-order valence-electron chi connectivity index (χ1n) is 5.44. The van der Waals surface area contributed by atoms with Crippen LogP contribution in [0.4, 0.5) is 0 Å². The fourth-order valence-electron chi connectivity index (χ4n) is 1.76. The maximum atomic E-state index is 11.9. The highest BCUT2D eigenvalue weighted by atomic mass is 32.2. The molecule has 5 nitrogen and oxygen atoms in total. The van der Waals surface area contributed by atoms with Gasteiger partial charge in [-0.25, -0.2) is 0 Å². The number of nitrogens with zero attached hydrogens (tertiary/aromatic N) is 2. The summed E-state index contributed by atoms with van der Waals surface area (Å²) in [5.74, 6) is 0. The summed E-state index contributed by atoms with van der Waals surface area (Å²) in [4.78, 5) is 33.4. The van der Waals surface area contributed by atoms with Gasteiger partial charge in [0, 0.05) is 5.56 Å². The molecule has 2 rings (SSSR count). The van der Waals surface area contributed by atoms with E-state index in [1.165, 1.54) is 10.0 Å². The van der Waals surface area contributed by atoms with Crippen LogP contribution >= 0.6 is 11.8 Å². The first kappa shape index (κ1) is 12.6. The molecule has 18 heavy (non-hydrogen) atoms. The molecule has 1 fully saturated rings. The average Bonchev–Trinajstić information content (AvgIpc) is 2.81. The lowest BCUT2D eigenvalue weighted by Gasteiger charge is -2.17. The Morgan fingerprint density at radius 3 is 2.17 bits per heavy atom. The second-order valence-electron chi connectivity index (χ2n) is 3.85. The first-order chi connectivity index (χ1) is 8.74. The number of thioether (sulfide) groups is 1. The maximum Gasteiger partial charge on any atom is 0.228 e. The molecular weight excluding hydrogens is 252 g/mol. The third-order valence-corrected chi connectivity index (χ3v) is 3.72. The number of carbonyl (C=O) groups is 3. The largest absolute Gasteiger partial charge is 0.282 e. The number of hydrazine groups is 1. The van der Waals surface area contributed by atoms with Crippen LogP contribution in [0.15, 0.2) is 30.3 Å². The van der Waals surface area contributed by atoms with Crippen LogP contribution in [0, 0.1) is 0 Å². The van der Waals surface area contributed by atoms with Crippen molar-refractivity contribution in [3.8, 4) is 0 Å². The molecule has 0 saturated carbocycles. The van der Waals surface area contributed by atoms with Gasteiger partial charge in [0.2, 0.25) is 17.9 Å². The van der Waals surface area contributed by atoms with Crippen LogP contribution in [0.3, 0.4) is 0 Å². The molecule has 0 bridgehead atoms. The molecule has 0 aromatic heterocycles. The lowest BCUT2D eigenvalue weighted by Crippen LogP contribution is -2.33. The van der Waals surface area contributed by atoms with Crippen molar-refractivity contribution in [2.24, 2.45) is 0 Å². The van der Waals surface area contributed by atoms with E-state index < -0.39 is 0 Å². The number of amides is 2. The molecule has 0 atom stereocenters. The Hall–Kier alpha value is -1.82. The van der Waals surface area contributed by atoms with E-state index in [1.54, 1.807) is 24.3 Å². The minimum absolute atomic E-state index is 0.0424. The molecule has 1 heterocycles. The maximum absolute atomic E-state index is 11.9. The Morgan fingerprint density at radius 2 is 1.67 bits per heavy atom. The van der Waals surface area contributed by atoms with Crippen LogP contribution in [0.25, 0.3) is 0 Å². The van der Waals surface area contributed by atoms with Crippen molar-refractivity contribution in [3.05, 3.63) is 35.9 Å². The highest BCUT2D eigenvalue weighted by Gasteiger charge is 2.30. The number of carbonyl (C=O) groups excluding carboxylic acids is 3. The third kappa shape index (κ3) is 2.70. The molecule has 1 aliphatic heterocycles. The number of benzene rings is 1. The summed E-state index contributed by atoms with van der Waals surface area (Å²) in [6.07, 6.45) is 1.20. The Kier molecular flexibility index (Phi) is 3.99. The lowest BCUT2D eigenvalue weighted by atomic mass is 10.2. The summed E-state index contributed by atoms with van der Waals surface area (Å²) >= 11 is 1.16. The normalized spacial score (nSPS) is 15.8. The Bertz CT molecular complexity index is 436. The van der Waals surface area contributed by atoms with E-state index in [4.69, 9.17) is 0 Å². The van der Waals surface area contributed by atoms with Gasteiger partial charge in [-0.2, -0.15) is 0 Å². The van der Waals surface area contributed by atoms with Crippen LogP contribution in [0.2, 0.25) is 0 Å². The molecule has 2 amide bonds. The summed E-state index contributed by atoms with van der Waals surface area (Å²) in [6, 6.07) is 8.95. The molecule has 6 heteroatoms. The molecule has 0 spiro atoms. The van der Waals surface area contributed by atoms with Gasteiger partial charge in [-0.15, -0.1) is 0 Å². The zero-order valence-corrected chi connectivity index (χ0v) is 10.4. The smallest absolute Gasteiger partial charge is 0.228 e. The summed E-state index contributed by atoms with van der Waals surface area (Å²) in [7, 11) is 0. The minimum atomic E-state index is -0.0758. The molecule has 0 radical (unpaired) electrons. The summed E-state index contributed by atoms with van der Waals surface area (Å²) < 4.78 is 0. The van der Waals surface area contributed by atoms with E-state index in [0.717, 1.165) is 11.8 Å². The Labute approximate surface area is 109 Å². The van der Waals surface area contributed by atoms with Gasteiger partial charge in [0.1, 0.15) is 0 Å². The number of hydrogen-bond acceptors (Lipinski definition) is 4.